The number of carbonyl (C=O) groups excluding carboxylic acids is 4. The number of ketones is 3. The maximum Gasteiger partial charge on any atom is 0.401 e. The number of amides is 1. The summed E-state index contributed by atoms with van der Waals surface area (Å²) in [6.07, 6.45) is 2.34. The van der Waals surface area contributed by atoms with Crippen molar-refractivity contribution in [2.45, 2.75) is 117 Å². The minimum Gasteiger partial charge on any atom is -0.489 e. The van der Waals surface area contributed by atoms with E-state index in [0.29, 0.717) is 55.6 Å². The van der Waals surface area contributed by atoms with Crippen LogP contribution >= 0.6 is 0 Å². The Hall–Kier alpha value is -5.35. The van der Waals surface area contributed by atoms with E-state index < -0.39 is 24.8 Å². The second kappa shape index (κ2) is 18.6. The predicted octanol–water partition coefficient (Wildman–Crippen LogP) is 6.90. The molecule has 0 radical (unpaired) electrons. The van der Waals surface area contributed by atoms with Crippen molar-refractivity contribution in [2.24, 2.45) is 0 Å². The van der Waals surface area contributed by atoms with Gasteiger partial charge in [-0.3, -0.25) is 34.3 Å². The standard InChI is InChI=1S/C23H28F3N5.C23H29N3O5/c1-4-15(5-2)29-16-6-8-21(27-11-16)22-17-7-9-20-19(12-28-30-20)18(17)10-14(3)31(22)13-23(24,25)26;1-14(27)4-5-20(16(3)29)26-11-17-8-21-22(9-19(17)23(26)30)31-13-18-12-24(10-15(2)28)6-7-25(18)21/h6-9,11-12,14-15,22,29H,4-5,10,13H2,1-3H3,(H,28,30);8-9,18,20H,4-7,10-13H2,1-3H3/t14-,22+;18-,20?/m00/s1. The van der Waals surface area contributed by atoms with Crippen LogP contribution in [0.25, 0.3) is 10.9 Å². The molecule has 332 valence electrons. The molecule has 0 saturated carbocycles. The number of aromatic amines is 1. The van der Waals surface area contributed by atoms with E-state index in [1.165, 1.54) is 18.7 Å². The molecule has 1 amide bonds. The lowest BCUT2D eigenvalue weighted by atomic mass is 9.85. The first-order valence-corrected chi connectivity index (χ1v) is 21.6. The van der Waals surface area contributed by atoms with Gasteiger partial charge in [-0.1, -0.05) is 19.9 Å². The van der Waals surface area contributed by atoms with Gasteiger partial charge in [0.25, 0.3) is 5.91 Å². The minimum absolute atomic E-state index is 0.00855. The van der Waals surface area contributed by atoms with Gasteiger partial charge >= 0.3 is 6.18 Å². The summed E-state index contributed by atoms with van der Waals surface area (Å²) in [5.41, 5.74) is 6.73. The fourth-order valence-corrected chi connectivity index (χ4v) is 9.47. The van der Waals surface area contributed by atoms with Crippen molar-refractivity contribution < 1.29 is 37.1 Å². The molecule has 4 atom stereocenters. The number of H-pyrrole nitrogens is 1. The third-order valence-corrected chi connectivity index (χ3v) is 12.6. The van der Waals surface area contributed by atoms with E-state index in [0.717, 1.165) is 71.4 Å². The van der Waals surface area contributed by atoms with Crippen LogP contribution in [0.1, 0.15) is 106 Å². The third kappa shape index (κ3) is 9.65. The third-order valence-electron chi connectivity index (χ3n) is 12.6. The molecule has 2 N–H and O–H groups in total. The molecule has 2 aromatic heterocycles. The maximum absolute atomic E-state index is 13.5. The van der Waals surface area contributed by atoms with Crippen LogP contribution in [-0.4, -0.2) is 123 Å². The summed E-state index contributed by atoms with van der Waals surface area (Å²) >= 11 is 0. The number of piperazine rings is 1. The average molecular weight is 859 g/mol. The van der Waals surface area contributed by atoms with Gasteiger partial charge in [0.2, 0.25) is 0 Å². The molecule has 6 heterocycles. The Labute approximate surface area is 360 Å². The average Bonchev–Trinajstić information content (AvgIpc) is 3.83. The van der Waals surface area contributed by atoms with Gasteiger partial charge in [-0.15, -0.1) is 0 Å². The lowest BCUT2D eigenvalue weighted by Gasteiger charge is -2.45. The van der Waals surface area contributed by atoms with Crippen LogP contribution in [0.2, 0.25) is 0 Å². The highest BCUT2D eigenvalue weighted by molar-refractivity contribution is 6.02. The lowest BCUT2D eigenvalue weighted by molar-refractivity contribution is -0.155. The van der Waals surface area contributed by atoms with Crippen LogP contribution in [0.4, 0.5) is 24.5 Å². The summed E-state index contributed by atoms with van der Waals surface area (Å²) in [6.45, 7) is 13.4. The first-order valence-electron chi connectivity index (χ1n) is 21.6. The highest BCUT2D eigenvalue weighted by Gasteiger charge is 2.42. The number of nitrogens with zero attached hydrogens (tertiary/aromatic N) is 6. The molecule has 4 aliphatic rings. The van der Waals surface area contributed by atoms with Crippen LogP contribution < -0.4 is 15.0 Å². The normalized spacial score (nSPS) is 20.4. The summed E-state index contributed by atoms with van der Waals surface area (Å²) in [4.78, 5) is 60.4. The predicted molar refractivity (Wildman–Crippen MR) is 231 cm³/mol. The Kier molecular flexibility index (Phi) is 13.4. The second-order valence-corrected chi connectivity index (χ2v) is 17.2. The van der Waals surface area contributed by atoms with Crippen LogP contribution in [-0.2, 0) is 27.3 Å². The van der Waals surface area contributed by atoms with Crippen LogP contribution in [0.15, 0.2) is 48.8 Å². The van der Waals surface area contributed by atoms with Gasteiger partial charge in [-0.25, -0.2) is 0 Å². The number of hydrogen-bond acceptors (Lipinski definition) is 11. The van der Waals surface area contributed by atoms with Gasteiger partial charge in [0.15, 0.2) is 5.78 Å². The van der Waals surface area contributed by atoms with Crippen molar-refractivity contribution in [2.75, 3.05) is 49.5 Å². The molecule has 0 aliphatic carbocycles. The molecule has 13 nitrogen and oxygen atoms in total. The number of pyridine rings is 1. The number of alkyl halides is 3. The topological polar surface area (TPSA) is 144 Å². The zero-order valence-electron chi connectivity index (χ0n) is 36.3. The summed E-state index contributed by atoms with van der Waals surface area (Å²) in [5.74, 6) is 0.568. The molecule has 4 aromatic rings. The van der Waals surface area contributed by atoms with Gasteiger partial charge in [0, 0.05) is 55.6 Å². The van der Waals surface area contributed by atoms with Crippen LogP contribution in [0.3, 0.4) is 0 Å². The summed E-state index contributed by atoms with van der Waals surface area (Å²) in [5, 5.41) is 11.5. The number of fused-ring (bicyclic) bond motifs is 7. The number of halogens is 3. The molecular weight excluding hydrogens is 802 g/mol. The van der Waals surface area contributed by atoms with Gasteiger partial charge in [0.1, 0.15) is 23.9 Å². The summed E-state index contributed by atoms with van der Waals surface area (Å²) < 4.78 is 46.4. The number of carbonyl (C=O) groups is 4. The molecular formula is C46H57F3N8O5. The number of Topliss-reactive ketones (excluding diaryl/α,β-unsaturated/α-hetero) is 3. The van der Waals surface area contributed by atoms with Crippen LogP contribution in [0, 0.1) is 0 Å². The van der Waals surface area contributed by atoms with Gasteiger partial charge in [0.05, 0.1) is 66.2 Å². The minimum atomic E-state index is -4.29. The van der Waals surface area contributed by atoms with Crippen LogP contribution in [0.5, 0.6) is 5.75 Å². The Morgan fingerprint density at radius 3 is 2.45 bits per heavy atom. The van der Waals surface area contributed by atoms with E-state index in [9.17, 15) is 32.3 Å². The molecule has 0 spiro atoms. The number of benzene rings is 2. The van der Waals surface area contributed by atoms with Crippen molar-refractivity contribution in [3.05, 3.63) is 76.7 Å². The largest absolute Gasteiger partial charge is 0.489 e. The van der Waals surface area contributed by atoms with Crippen molar-refractivity contribution in [3.63, 3.8) is 0 Å². The Bertz CT molecular complexity index is 2290. The SMILES string of the molecule is CC(=O)CCC(C(C)=O)N1Cc2cc3c(cc2C1=O)OC[C@@H]1CN(CC(C)=O)CCN31.CCC(CC)Nc1ccc([C@H]2c3ccc4[nH]ncc4c3C[C@H](C)N2CC(F)(F)F)nc1. The number of anilines is 2. The van der Waals surface area contributed by atoms with Gasteiger partial charge in [-0.05, 0) is 100 Å². The Morgan fingerprint density at radius 1 is 1.02 bits per heavy atom. The van der Waals surface area contributed by atoms with Crippen molar-refractivity contribution in [3.8, 4) is 5.75 Å². The smallest absolute Gasteiger partial charge is 0.401 e. The number of hydrogen-bond donors (Lipinski definition) is 2. The molecule has 1 saturated heterocycles. The quantitative estimate of drug-likeness (QED) is 0.145. The molecule has 4 aliphatic heterocycles. The lowest BCUT2D eigenvalue weighted by Crippen LogP contribution is -2.57. The van der Waals surface area contributed by atoms with E-state index in [1.54, 1.807) is 30.3 Å². The molecule has 1 fully saturated rings. The van der Waals surface area contributed by atoms with E-state index in [1.807, 2.05) is 37.3 Å². The number of ether oxygens (including phenoxy) is 1. The fraction of sp³-hybridized carbons (Fsp3) is 0.522. The van der Waals surface area contributed by atoms with Gasteiger partial charge in [-0.2, -0.15) is 18.3 Å². The first-order chi connectivity index (χ1) is 29.5. The molecule has 8 rings (SSSR count). The maximum atomic E-state index is 13.5. The van der Waals surface area contributed by atoms with E-state index in [-0.39, 0.29) is 41.8 Å². The molecule has 1 unspecified atom stereocenters. The van der Waals surface area contributed by atoms with Gasteiger partial charge < -0.3 is 24.6 Å². The van der Waals surface area contributed by atoms with E-state index in [2.05, 4.69) is 44.1 Å². The second-order valence-electron chi connectivity index (χ2n) is 17.2. The zero-order chi connectivity index (χ0) is 44.5. The van der Waals surface area contributed by atoms with E-state index >= 15 is 0 Å². The van der Waals surface area contributed by atoms with E-state index in [4.69, 9.17) is 4.74 Å². The van der Waals surface area contributed by atoms with Crippen molar-refractivity contribution >= 4 is 45.5 Å². The molecule has 62 heavy (non-hydrogen) atoms. The fourth-order valence-electron chi connectivity index (χ4n) is 9.47. The Morgan fingerprint density at radius 2 is 1.79 bits per heavy atom. The highest BCUT2D eigenvalue weighted by Crippen LogP contribution is 2.43. The molecule has 16 heteroatoms. The monoisotopic (exact) mass is 858 g/mol. The van der Waals surface area contributed by atoms with Crippen molar-refractivity contribution in [1.82, 2.24) is 29.9 Å². The first kappa shape index (κ1) is 44.7. The summed E-state index contributed by atoms with van der Waals surface area (Å²) in [7, 11) is 0. The molecule has 2 aromatic carbocycles. The van der Waals surface area contributed by atoms with Crippen molar-refractivity contribution in [1.29, 1.82) is 0 Å². The molecule has 0 bridgehead atoms. The number of aromatic nitrogens is 3. The zero-order valence-corrected chi connectivity index (χ0v) is 36.3. The highest BCUT2D eigenvalue weighted by atomic mass is 19.4. The number of nitrogens with one attached hydrogen (secondary N) is 2. The Balaban J connectivity index is 0.000000186. The number of rotatable bonds is 13. The summed E-state index contributed by atoms with van der Waals surface area (Å²) in [6, 6.07) is 10.4.